The van der Waals surface area contributed by atoms with Crippen molar-refractivity contribution < 1.29 is 27.4 Å². The highest BCUT2D eigenvalue weighted by atomic mass is 19.2. The second-order valence-corrected chi connectivity index (χ2v) is 3.81. The van der Waals surface area contributed by atoms with Gasteiger partial charge >= 0.3 is 5.97 Å². The summed E-state index contributed by atoms with van der Waals surface area (Å²) in [7, 11) is 1.12. The number of fused-ring (bicyclic) bond motifs is 1. The first-order valence-electron chi connectivity index (χ1n) is 5.69. The lowest BCUT2D eigenvalue weighted by Crippen LogP contribution is -2.07. The van der Waals surface area contributed by atoms with Crippen molar-refractivity contribution in [3.63, 3.8) is 0 Å². The van der Waals surface area contributed by atoms with Gasteiger partial charge in [0.1, 0.15) is 11.3 Å². The van der Waals surface area contributed by atoms with Crippen LogP contribution in [0.15, 0.2) is 12.1 Å². The zero-order valence-corrected chi connectivity index (χ0v) is 10.7. The number of carbonyl (C=O) groups excluding carboxylic acids is 1. The van der Waals surface area contributed by atoms with E-state index in [-0.39, 0.29) is 23.4 Å². The Kier molecular flexibility index (Phi) is 3.78. The first-order chi connectivity index (χ1) is 9.49. The van der Waals surface area contributed by atoms with Crippen LogP contribution in [0.3, 0.4) is 0 Å². The van der Waals surface area contributed by atoms with E-state index in [0.717, 1.165) is 13.2 Å². The van der Waals surface area contributed by atoms with Gasteiger partial charge in [0.2, 0.25) is 0 Å². The Balaban J connectivity index is 2.82. The average Bonchev–Trinajstić information content (AvgIpc) is 2.45. The minimum atomic E-state index is -1.66. The van der Waals surface area contributed by atoms with Crippen molar-refractivity contribution in [2.45, 2.75) is 6.92 Å². The van der Waals surface area contributed by atoms with Crippen molar-refractivity contribution in [1.82, 2.24) is 4.98 Å². The zero-order valence-electron chi connectivity index (χ0n) is 10.7. The summed E-state index contributed by atoms with van der Waals surface area (Å²) in [5.74, 6) is -5.31. The molecule has 0 saturated carbocycles. The molecule has 0 saturated heterocycles. The maximum atomic E-state index is 13.7. The van der Waals surface area contributed by atoms with E-state index in [2.05, 4.69) is 9.72 Å². The van der Waals surface area contributed by atoms with Gasteiger partial charge in [0.05, 0.1) is 13.7 Å². The summed E-state index contributed by atoms with van der Waals surface area (Å²) in [5.41, 5.74) is -0.747. The van der Waals surface area contributed by atoms with E-state index in [9.17, 15) is 18.0 Å². The van der Waals surface area contributed by atoms with Crippen molar-refractivity contribution in [3.8, 4) is 5.75 Å². The first-order valence-corrected chi connectivity index (χ1v) is 5.69. The second kappa shape index (κ2) is 5.36. The van der Waals surface area contributed by atoms with Crippen molar-refractivity contribution in [2.75, 3.05) is 13.7 Å². The summed E-state index contributed by atoms with van der Waals surface area (Å²) in [6.45, 7) is 1.85. The van der Waals surface area contributed by atoms with Crippen molar-refractivity contribution in [3.05, 3.63) is 35.3 Å². The summed E-state index contributed by atoms with van der Waals surface area (Å²) < 4.78 is 49.9. The predicted octanol–water partition coefficient (Wildman–Crippen LogP) is 2.84. The van der Waals surface area contributed by atoms with Gasteiger partial charge in [-0.05, 0) is 13.0 Å². The maximum Gasteiger partial charge on any atom is 0.356 e. The summed E-state index contributed by atoms with van der Waals surface area (Å²) in [6.07, 6.45) is 0. The fourth-order valence-corrected chi connectivity index (χ4v) is 1.72. The molecule has 0 aliphatic rings. The fourth-order valence-electron chi connectivity index (χ4n) is 1.72. The monoisotopic (exact) mass is 285 g/mol. The number of halogens is 3. The van der Waals surface area contributed by atoms with E-state index in [1.165, 1.54) is 6.07 Å². The maximum absolute atomic E-state index is 13.7. The van der Waals surface area contributed by atoms with Crippen LogP contribution in [-0.2, 0) is 4.74 Å². The summed E-state index contributed by atoms with van der Waals surface area (Å²) in [6, 6.07) is 1.96. The number of aromatic nitrogens is 1. The summed E-state index contributed by atoms with van der Waals surface area (Å²) in [5, 5.41) is -0.0593. The SMILES string of the molecule is CCOc1cc(C(=O)OC)nc2c(F)c(F)c(F)cc12. The van der Waals surface area contributed by atoms with E-state index in [0.29, 0.717) is 0 Å². The normalized spacial score (nSPS) is 10.7. The smallest absolute Gasteiger partial charge is 0.356 e. The average molecular weight is 285 g/mol. The van der Waals surface area contributed by atoms with Crippen LogP contribution in [-0.4, -0.2) is 24.7 Å². The third-order valence-corrected chi connectivity index (χ3v) is 2.60. The molecule has 2 rings (SSSR count). The molecule has 0 aliphatic heterocycles. The number of pyridine rings is 1. The molecule has 0 spiro atoms. The van der Waals surface area contributed by atoms with Crippen LogP contribution in [0.2, 0.25) is 0 Å². The van der Waals surface area contributed by atoms with Crippen LogP contribution in [0.1, 0.15) is 17.4 Å². The highest BCUT2D eigenvalue weighted by Crippen LogP contribution is 2.30. The van der Waals surface area contributed by atoms with Gasteiger partial charge < -0.3 is 9.47 Å². The Labute approximate surface area is 112 Å². The Hall–Kier alpha value is -2.31. The van der Waals surface area contributed by atoms with Gasteiger partial charge in [0.15, 0.2) is 23.1 Å². The van der Waals surface area contributed by atoms with Crippen molar-refractivity contribution in [2.24, 2.45) is 0 Å². The number of rotatable bonds is 3. The summed E-state index contributed by atoms with van der Waals surface area (Å²) in [4.78, 5) is 15.1. The van der Waals surface area contributed by atoms with E-state index in [1.807, 2.05) is 0 Å². The predicted molar refractivity (Wildman–Crippen MR) is 64.1 cm³/mol. The molecule has 0 unspecified atom stereocenters. The van der Waals surface area contributed by atoms with E-state index < -0.39 is 28.9 Å². The molecule has 4 nitrogen and oxygen atoms in total. The Morgan fingerprint density at radius 2 is 1.95 bits per heavy atom. The molecule has 20 heavy (non-hydrogen) atoms. The van der Waals surface area contributed by atoms with Gasteiger partial charge in [0, 0.05) is 11.5 Å². The van der Waals surface area contributed by atoms with Crippen molar-refractivity contribution >= 4 is 16.9 Å². The molecule has 106 valence electrons. The quantitative estimate of drug-likeness (QED) is 0.642. The molecule has 1 aromatic carbocycles. The van der Waals surface area contributed by atoms with E-state index in [4.69, 9.17) is 4.74 Å². The third-order valence-electron chi connectivity index (χ3n) is 2.60. The van der Waals surface area contributed by atoms with Crippen LogP contribution < -0.4 is 4.74 Å². The number of hydrogen-bond donors (Lipinski definition) is 0. The number of benzene rings is 1. The van der Waals surface area contributed by atoms with Crippen LogP contribution in [0.4, 0.5) is 13.2 Å². The number of carbonyl (C=O) groups is 1. The van der Waals surface area contributed by atoms with Gasteiger partial charge in [-0.15, -0.1) is 0 Å². The molecule has 0 aliphatic carbocycles. The molecule has 1 heterocycles. The molecule has 0 radical (unpaired) electrons. The van der Waals surface area contributed by atoms with Gasteiger partial charge in [-0.1, -0.05) is 0 Å². The molecular formula is C13H10F3NO3. The molecule has 0 atom stereocenters. The molecule has 0 bridgehead atoms. The van der Waals surface area contributed by atoms with Crippen LogP contribution >= 0.6 is 0 Å². The molecule has 7 heteroatoms. The largest absolute Gasteiger partial charge is 0.493 e. The van der Waals surface area contributed by atoms with Crippen molar-refractivity contribution in [1.29, 1.82) is 0 Å². The number of hydrogen-bond acceptors (Lipinski definition) is 4. The topological polar surface area (TPSA) is 48.4 Å². The third kappa shape index (κ3) is 2.26. The molecule has 0 fully saturated rings. The number of methoxy groups -OCH3 is 1. The highest BCUT2D eigenvalue weighted by molar-refractivity contribution is 5.94. The minimum Gasteiger partial charge on any atom is -0.493 e. The zero-order chi connectivity index (χ0) is 14.9. The van der Waals surface area contributed by atoms with Gasteiger partial charge in [0.25, 0.3) is 0 Å². The number of nitrogens with zero attached hydrogens (tertiary/aromatic N) is 1. The van der Waals surface area contributed by atoms with Gasteiger partial charge in [-0.25, -0.2) is 22.9 Å². The van der Waals surface area contributed by atoms with Crippen LogP contribution in [0.5, 0.6) is 5.75 Å². The lowest BCUT2D eigenvalue weighted by molar-refractivity contribution is 0.0594. The standard InChI is InChI=1S/C13H10F3NO3/c1-3-20-9-5-8(13(18)19-2)17-12-6(9)4-7(14)10(15)11(12)16/h4-5H,3H2,1-2H3. The molecule has 0 amide bonds. The van der Waals surface area contributed by atoms with E-state index >= 15 is 0 Å². The first kappa shape index (κ1) is 14.1. The van der Waals surface area contributed by atoms with Gasteiger partial charge in [-0.3, -0.25) is 0 Å². The molecule has 2 aromatic rings. The number of esters is 1. The van der Waals surface area contributed by atoms with Crippen LogP contribution in [0.25, 0.3) is 10.9 Å². The van der Waals surface area contributed by atoms with Crippen LogP contribution in [0, 0.1) is 17.5 Å². The van der Waals surface area contributed by atoms with Gasteiger partial charge in [-0.2, -0.15) is 0 Å². The van der Waals surface area contributed by atoms with E-state index in [1.54, 1.807) is 6.92 Å². The highest BCUT2D eigenvalue weighted by Gasteiger charge is 2.20. The molecular weight excluding hydrogens is 275 g/mol. The Morgan fingerprint density at radius 3 is 2.55 bits per heavy atom. The molecule has 1 aromatic heterocycles. The lowest BCUT2D eigenvalue weighted by atomic mass is 10.1. The minimum absolute atomic E-state index is 0.0238. The fraction of sp³-hybridized carbons (Fsp3) is 0.231. The molecule has 0 N–H and O–H groups in total. The number of ether oxygens (including phenoxy) is 2. The Bertz CT molecular complexity index is 688. The Morgan fingerprint density at radius 1 is 1.25 bits per heavy atom. The summed E-state index contributed by atoms with van der Waals surface area (Å²) >= 11 is 0. The lowest BCUT2D eigenvalue weighted by Gasteiger charge is -2.10. The second-order valence-electron chi connectivity index (χ2n) is 3.81.